The second-order valence-electron chi connectivity index (χ2n) is 7.12. The molecule has 1 aliphatic carbocycles. The third-order valence-corrected chi connectivity index (χ3v) is 5.37. The number of hydrogen-bond donors (Lipinski definition) is 3. The number of H-pyrrole nitrogens is 2. The zero-order valence-electron chi connectivity index (χ0n) is 15.1. The molecule has 0 aliphatic heterocycles. The molecule has 0 saturated heterocycles. The molecule has 1 saturated carbocycles. The number of amides is 1. The number of aromatic nitrogens is 4. The first-order valence-electron chi connectivity index (χ1n) is 9.21. The second kappa shape index (κ2) is 6.40. The van der Waals surface area contributed by atoms with Gasteiger partial charge in [-0.3, -0.25) is 4.79 Å². The zero-order chi connectivity index (χ0) is 20.1. The van der Waals surface area contributed by atoms with Crippen molar-refractivity contribution >= 4 is 33.8 Å². The minimum absolute atomic E-state index is 0.0692. The van der Waals surface area contributed by atoms with Gasteiger partial charge in [-0.1, -0.05) is 6.07 Å². The molecule has 0 atom stereocenters. The predicted molar refractivity (Wildman–Crippen MR) is 106 cm³/mol. The monoisotopic (exact) mass is 393 g/mol. The van der Waals surface area contributed by atoms with Gasteiger partial charge in [-0.05, 0) is 49.6 Å². The molecule has 0 radical (unpaired) electrons. The summed E-state index contributed by atoms with van der Waals surface area (Å²) in [5.74, 6) is -0.187. The first-order valence-corrected chi connectivity index (χ1v) is 9.21. The van der Waals surface area contributed by atoms with Crippen LogP contribution in [0.5, 0.6) is 0 Å². The van der Waals surface area contributed by atoms with E-state index in [-0.39, 0.29) is 12.0 Å². The molecule has 2 heterocycles. The van der Waals surface area contributed by atoms with Crippen LogP contribution in [-0.4, -0.2) is 37.4 Å². The maximum atomic E-state index is 13.8. The summed E-state index contributed by atoms with van der Waals surface area (Å²) in [6.45, 7) is 0. The Hall–Kier alpha value is -3.75. The molecule has 2 aromatic carbocycles. The molecule has 0 bridgehead atoms. The van der Waals surface area contributed by atoms with E-state index in [9.17, 15) is 19.1 Å². The topological polar surface area (TPSA) is 115 Å². The van der Waals surface area contributed by atoms with Crippen LogP contribution in [0.1, 0.15) is 19.3 Å². The van der Waals surface area contributed by atoms with E-state index in [0.29, 0.717) is 33.1 Å². The third kappa shape index (κ3) is 2.82. The summed E-state index contributed by atoms with van der Waals surface area (Å²) in [5.41, 5.74) is 1.90. The molecule has 2 aromatic heterocycles. The lowest BCUT2D eigenvalue weighted by atomic mass is 9.92. The van der Waals surface area contributed by atoms with E-state index < -0.39 is 17.5 Å². The van der Waals surface area contributed by atoms with Gasteiger partial charge < -0.3 is 10.1 Å². The largest absolute Gasteiger partial charge is 0.465 e. The molecule has 1 fully saturated rings. The quantitative estimate of drug-likeness (QED) is 0.492. The molecule has 146 valence electrons. The number of benzene rings is 2. The van der Waals surface area contributed by atoms with E-state index in [1.807, 2.05) is 0 Å². The number of nitrogens with one attached hydrogen (secondary N) is 2. The van der Waals surface area contributed by atoms with Gasteiger partial charge in [0.15, 0.2) is 0 Å². The Morgan fingerprint density at radius 2 is 2.00 bits per heavy atom. The molecule has 1 amide bonds. The van der Waals surface area contributed by atoms with Crippen molar-refractivity contribution in [2.45, 2.75) is 25.3 Å². The zero-order valence-corrected chi connectivity index (χ0v) is 15.1. The second-order valence-corrected chi connectivity index (χ2v) is 7.12. The maximum absolute atomic E-state index is 13.8. The predicted octanol–water partition coefficient (Wildman–Crippen LogP) is 3.64. The summed E-state index contributed by atoms with van der Waals surface area (Å²) in [6.07, 6.45) is 1.58. The highest BCUT2D eigenvalue weighted by molar-refractivity contribution is 5.96. The number of carbonyl (C=O) groups is 1. The standard InChI is InChI=1S/C20H16FN5O3/c21-11-5-6-13-14(9-11)17(24-25-18(13)27)10-4-7-15-16(8-10)23-19(22-15)26(20(28)29)12-2-1-3-12/h4-9,12H,1-3H2,(H,22,23)(H,25,27)(H,28,29). The van der Waals surface area contributed by atoms with Crippen LogP contribution in [0.4, 0.5) is 15.1 Å². The fourth-order valence-corrected chi connectivity index (χ4v) is 3.68. The van der Waals surface area contributed by atoms with Crippen molar-refractivity contribution in [3.63, 3.8) is 0 Å². The Balaban J connectivity index is 1.63. The van der Waals surface area contributed by atoms with Crippen LogP contribution in [0.2, 0.25) is 0 Å². The molecule has 3 N–H and O–H groups in total. The number of aromatic amines is 2. The van der Waals surface area contributed by atoms with Gasteiger partial charge in [0.25, 0.3) is 5.56 Å². The summed E-state index contributed by atoms with van der Waals surface area (Å²) >= 11 is 0. The van der Waals surface area contributed by atoms with Crippen molar-refractivity contribution in [3.05, 3.63) is 52.6 Å². The molecule has 1 aliphatic rings. The summed E-state index contributed by atoms with van der Waals surface area (Å²) in [5, 5.41) is 16.9. The summed E-state index contributed by atoms with van der Waals surface area (Å²) in [4.78, 5) is 32.5. The molecule has 8 nitrogen and oxygen atoms in total. The maximum Gasteiger partial charge on any atom is 0.414 e. The van der Waals surface area contributed by atoms with Crippen LogP contribution < -0.4 is 10.5 Å². The number of halogens is 1. The van der Waals surface area contributed by atoms with Crippen LogP contribution in [0.3, 0.4) is 0 Å². The van der Waals surface area contributed by atoms with Crippen LogP contribution in [0.15, 0.2) is 41.2 Å². The molecule has 0 unspecified atom stereocenters. The third-order valence-electron chi connectivity index (χ3n) is 5.37. The molecule has 4 aromatic rings. The van der Waals surface area contributed by atoms with Crippen molar-refractivity contribution in [1.29, 1.82) is 0 Å². The average molecular weight is 393 g/mol. The number of anilines is 1. The number of fused-ring (bicyclic) bond motifs is 2. The Bertz CT molecular complexity index is 1320. The van der Waals surface area contributed by atoms with Crippen LogP contribution in [0.25, 0.3) is 33.1 Å². The lowest BCUT2D eigenvalue weighted by Gasteiger charge is -2.33. The summed E-state index contributed by atoms with van der Waals surface area (Å²) in [6, 6.07) is 9.11. The molecule has 9 heteroatoms. The van der Waals surface area contributed by atoms with Crippen molar-refractivity contribution in [1.82, 2.24) is 20.2 Å². The van der Waals surface area contributed by atoms with Crippen molar-refractivity contribution < 1.29 is 14.3 Å². The molecular formula is C20H16FN5O3. The number of imidazole rings is 1. The average Bonchev–Trinajstić information content (AvgIpc) is 3.07. The molecule has 29 heavy (non-hydrogen) atoms. The fourth-order valence-electron chi connectivity index (χ4n) is 3.68. The Labute approximate surface area is 163 Å². The van der Waals surface area contributed by atoms with Crippen LogP contribution in [0, 0.1) is 5.82 Å². The Kier molecular flexibility index (Phi) is 3.83. The lowest BCUT2D eigenvalue weighted by molar-refractivity contribution is 0.193. The van der Waals surface area contributed by atoms with E-state index in [4.69, 9.17) is 0 Å². The Morgan fingerprint density at radius 1 is 1.17 bits per heavy atom. The molecule has 5 rings (SSSR count). The first-order chi connectivity index (χ1) is 14.0. The highest BCUT2D eigenvalue weighted by Gasteiger charge is 2.32. The van der Waals surface area contributed by atoms with E-state index in [1.54, 1.807) is 18.2 Å². The highest BCUT2D eigenvalue weighted by atomic mass is 19.1. The smallest absolute Gasteiger partial charge is 0.414 e. The minimum atomic E-state index is -1.04. The van der Waals surface area contributed by atoms with E-state index in [1.165, 1.54) is 23.1 Å². The summed E-state index contributed by atoms with van der Waals surface area (Å²) in [7, 11) is 0. The number of nitrogens with zero attached hydrogens (tertiary/aromatic N) is 3. The number of hydrogen-bond acceptors (Lipinski definition) is 4. The van der Waals surface area contributed by atoms with Gasteiger partial charge in [-0.2, -0.15) is 5.10 Å². The van der Waals surface area contributed by atoms with Crippen molar-refractivity contribution in [2.24, 2.45) is 0 Å². The highest BCUT2D eigenvalue weighted by Crippen LogP contribution is 2.31. The van der Waals surface area contributed by atoms with Crippen molar-refractivity contribution in [3.8, 4) is 11.3 Å². The van der Waals surface area contributed by atoms with Gasteiger partial charge in [-0.15, -0.1) is 0 Å². The summed E-state index contributed by atoms with van der Waals surface area (Å²) < 4.78 is 13.8. The van der Waals surface area contributed by atoms with Gasteiger partial charge in [0.2, 0.25) is 5.95 Å². The van der Waals surface area contributed by atoms with E-state index in [2.05, 4.69) is 20.2 Å². The van der Waals surface area contributed by atoms with Gasteiger partial charge >= 0.3 is 6.09 Å². The van der Waals surface area contributed by atoms with E-state index in [0.717, 1.165) is 19.3 Å². The van der Waals surface area contributed by atoms with Crippen molar-refractivity contribution in [2.75, 3.05) is 4.90 Å². The van der Waals surface area contributed by atoms with E-state index >= 15 is 0 Å². The SMILES string of the molecule is O=C(O)N(c1nc2ccc(-c3n[nH]c(=O)c4ccc(F)cc34)cc2[nH]1)C1CCC1. The number of rotatable bonds is 3. The molecular weight excluding hydrogens is 377 g/mol. The minimum Gasteiger partial charge on any atom is -0.465 e. The molecule has 0 spiro atoms. The lowest BCUT2D eigenvalue weighted by Crippen LogP contribution is -2.44. The van der Waals surface area contributed by atoms with Gasteiger partial charge in [0, 0.05) is 17.0 Å². The number of carboxylic acid groups (broad SMARTS) is 1. The van der Waals surface area contributed by atoms with Crippen LogP contribution in [-0.2, 0) is 0 Å². The van der Waals surface area contributed by atoms with Gasteiger partial charge in [0.1, 0.15) is 5.82 Å². The fraction of sp³-hybridized carbons (Fsp3) is 0.200. The van der Waals surface area contributed by atoms with Gasteiger partial charge in [0.05, 0.1) is 22.1 Å². The normalized spacial score (nSPS) is 14.2. The Morgan fingerprint density at radius 3 is 2.72 bits per heavy atom. The van der Waals surface area contributed by atoms with Gasteiger partial charge in [-0.25, -0.2) is 24.2 Å². The van der Waals surface area contributed by atoms with Crippen LogP contribution >= 0.6 is 0 Å². The first kappa shape index (κ1) is 17.4.